The molecule has 1 amide bonds. The molecule has 4 aromatic rings. The smallest absolute Gasteiger partial charge is 0.261 e. The summed E-state index contributed by atoms with van der Waals surface area (Å²) in [7, 11) is -3.74. The fourth-order valence-corrected chi connectivity index (χ4v) is 4.15. The van der Waals surface area contributed by atoms with Gasteiger partial charge in [-0.15, -0.1) is 0 Å². The number of carbonyl (C=O) groups excluding carboxylic acids is 1. The van der Waals surface area contributed by atoms with E-state index in [4.69, 9.17) is 0 Å². The monoisotopic (exact) mass is 432 g/mol. The Bertz CT molecular complexity index is 1330. The SMILES string of the molecule is O=C(CNc1cccc(S(=O)(=O)Nc2ccccc2)c1)Nc1ccc2cnccc2c1. The first-order chi connectivity index (χ1) is 15.0. The van der Waals surface area contributed by atoms with E-state index in [9.17, 15) is 13.2 Å². The van der Waals surface area contributed by atoms with Crippen LogP contribution in [0.1, 0.15) is 0 Å². The molecule has 0 saturated heterocycles. The highest BCUT2D eigenvalue weighted by atomic mass is 32.2. The van der Waals surface area contributed by atoms with E-state index in [-0.39, 0.29) is 17.3 Å². The van der Waals surface area contributed by atoms with Gasteiger partial charge in [-0.1, -0.05) is 30.3 Å². The van der Waals surface area contributed by atoms with Gasteiger partial charge in [0, 0.05) is 34.8 Å². The van der Waals surface area contributed by atoms with Crippen molar-refractivity contribution in [3.63, 3.8) is 0 Å². The van der Waals surface area contributed by atoms with Gasteiger partial charge in [-0.05, 0) is 53.9 Å². The lowest BCUT2D eigenvalue weighted by atomic mass is 10.1. The van der Waals surface area contributed by atoms with Crippen LogP contribution in [0, 0.1) is 0 Å². The van der Waals surface area contributed by atoms with Crippen LogP contribution in [0.3, 0.4) is 0 Å². The molecule has 8 heteroatoms. The average molecular weight is 433 g/mol. The fourth-order valence-electron chi connectivity index (χ4n) is 3.04. The van der Waals surface area contributed by atoms with E-state index >= 15 is 0 Å². The van der Waals surface area contributed by atoms with E-state index < -0.39 is 10.0 Å². The lowest BCUT2D eigenvalue weighted by Gasteiger charge is -2.11. The quantitative estimate of drug-likeness (QED) is 0.408. The van der Waals surface area contributed by atoms with Gasteiger partial charge in [0.2, 0.25) is 5.91 Å². The van der Waals surface area contributed by atoms with Crippen LogP contribution in [0.4, 0.5) is 17.1 Å². The molecule has 7 nitrogen and oxygen atoms in total. The Balaban J connectivity index is 1.39. The number of nitrogens with one attached hydrogen (secondary N) is 3. The van der Waals surface area contributed by atoms with Crippen molar-refractivity contribution in [2.45, 2.75) is 4.90 Å². The second kappa shape index (κ2) is 8.85. The van der Waals surface area contributed by atoms with E-state index in [1.165, 1.54) is 12.1 Å². The van der Waals surface area contributed by atoms with Crippen LogP contribution in [0.5, 0.6) is 0 Å². The Morgan fingerprint density at radius 3 is 2.45 bits per heavy atom. The Kier molecular flexibility index (Phi) is 5.81. The third kappa shape index (κ3) is 5.18. The Morgan fingerprint density at radius 2 is 1.61 bits per heavy atom. The van der Waals surface area contributed by atoms with Gasteiger partial charge in [-0.2, -0.15) is 0 Å². The lowest BCUT2D eigenvalue weighted by Crippen LogP contribution is -2.22. The number of hydrogen-bond acceptors (Lipinski definition) is 5. The van der Waals surface area contributed by atoms with Gasteiger partial charge in [-0.3, -0.25) is 14.5 Å². The molecule has 4 rings (SSSR count). The lowest BCUT2D eigenvalue weighted by molar-refractivity contribution is -0.114. The Morgan fingerprint density at radius 1 is 0.806 bits per heavy atom. The molecule has 0 radical (unpaired) electrons. The van der Waals surface area contributed by atoms with E-state index in [0.29, 0.717) is 17.1 Å². The van der Waals surface area contributed by atoms with Crippen LogP contribution < -0.4 is 15.4 Å². The minimum Gasteiger partial charge on any atom is -0.376 e. The minimum atomic E-state index is -3.74. The number of rotatable bonds is 7. The zero-order valence-corrected chi connectivity index (χ0v) is 17.3. The second-order valence-corrected chi connectivity index (χ2v) is 8.52. The summed E-state index contributed by atoms with van der Waals surface area (Å²) < 4.78 is 27.8. The van der Waals surface area contributed by atoms with Crippen molar-refractivity contribution in [1.82, 2.24) is 4.98 Å². The molecule has 0 atom stereocenters. The van der Waals surface area contributed by atoms with E-state index in [1.54, 1.807) is 48.8 Å². The van der Waals surface area contributed by atoms with Crippen LogP contribution in [0.2, 0.25) is 0 Å². The van der Waals surface area contributed by atoms with Gasteiger partial charge in [0.05, 0.1) is 11.4 Å². The van der Waals surface area contributed by atoms with Gasteiger partial charge < -0.3 is 10.6 Å². The van der Waals surface area contributed by atoms with Crippen LogP contribution >= 0.6 is 0 Å². The predicted octanol–water partition coefficient (Wildman–Crippen LogP) is 4.09. The average Bonchev–Trinajstić information content (AvgIpc) is 2.78. The minimum absolute atomic E-state index is 0.00992. The summed E-state index contributed by atoms with van der Waals surface area (Å²) in [5, 5.41) is 7.76. The number of carbonyl (C=O) groups is 1. The van der Waals surface area contributed by atoms with Crippen molar-refractivity contribution in [2.75, 3.05) is 21.9 Å². The van der Waals surface area contributed by atoms with Crippen molar-refractivity contribution in [2.24, 2.45) is 0 Å². The molecule has 3 N–H and O–H groups in total. The summed E-state index contributed by atoms with van der Waals surface area (Å²) in [6.07, 6.45) is 3.46. The van der Waals surface area contributed by atoms with Crippen molar-refractivity contribution in [1.29, 1.82) is 0 Å². The zero-order valence-electron chi connectivity index (χ0n) is 16.4. The Labute approximate surface area is 180 Å². The predicted molar refractivity (Wildman–Crippen MR) is 123 cm³/mol. The first kappa shape index (κ1) is 20.4. The van der Waals surface area contributed by atoms with Gasteiger partial charge in [0.25, 0.3) is 10.0 Å². The summed E-state index contributed by atoms with van der Waals surface area (Å²) in [6.45, 7) is -0.00992. The number of hydrogen-bond donors (Lipinski definition) is 3. The van der Waals surface area contributed by atoms with E-state index in [1.807, 2.05) is 30.3 Å². The van der Waals surface area contributed by atoms with Gasteiger partial charge >= 0.3 is 0 Å². The largest absolute Gasteiger partial charge is 0.376 e. The molecule has 0 unspecified atom stereocenters. The van der Waals surface area contributed by atoms with Crippen molar-refractivity contribution in [3.05, 3.63) is 91.3 Å². The van der Waals surface area contributed by atoms with Crippen LogP contribution in [0.25, 0.3) is 10.8 Å². The molecule has 0 aliphatic carbocycles. The molecule has 3 aromatic carbocycles. The number of pyridine rings is 1. The summed E-state index contributed by atoms with van der Waals surface area (Å²) in [5.74, 6) is -0.246. The van der Waals surface area contributed by atoms with Crippen molar-refractivity contribution < 1.29 is 13.2 Å². The molecule has 0 saturated carbocycles. The van der Waals surface area contributed by atoms with Crippen LogP contribution in [-0.2, 0) is 14.8 Å². The van der Waals surface area contributed by atoms with Gasteiger partial charge in [-0.25, -0.2) is 8.42 Å². The zero-order chi connectivity index (χ0) is 21.7. The molecule has 156 valence electrons. The van der Waals surface area contributed by atoms with Crippen LogP contribution in [0.15, 0.2) is 96.2 Å². The normalized spacial score (nSPS) is 11.1. The number of para-hydroxylation sites is 1. The van der Waals surface area contributed by atoms with E-state index in [0.717, 1.165) is 10.8 Å². The topological polar surface area (TPSA) is 100 Å². The number of nitrogens with zero attached hydrogens (tertiary/aromatic N) is 1. The number of benzene rings is 3. The standard InChI is InChI=1S/C23H20N4O3S/c28-23(26-21-10-9-18-15-24-12-11-17(18)13-21)16-25-20-7-4-8-22(14-20)31(29,30)27-19-5-2-1-3-6-19/h1-15,25,27H,16H2,(H,26,28). The van der Waals surface area contributed by atoms with Crippen molar-refractivity contribution in [3.8, 4) is 0 Å². The molecule has 0 aliphatic heterocycles. The fraction of sp³-hybridized carbons (Fsp3) is 0.0435. The molecule has 0 spiro atoms. The maximum Gasteiger partial charge on any atom is 0.261 e. The molecule has 0 fully saturated rings. The van der Waals surface area contributed by atoms with Crippen molar-refractivity contribution >= 4 is 43.8 Å². The molecule has 1 aromatic heterocycles. The van der Waals surface area contributed by atoms with E-state index in [2.05, 4.69) is 20.3 Å². The number of aromatic nitrogens is 1. The maximum absolute atomic E-state index is 12.6. The molecule has 0 bridgehead atoms. The highest BCUT2D eigenvalue weighted by Crippen LogP contribution is 2.20. The molecular weight excluding hydrogens is 412 g/mol. The second-order valence-electron chi connectivity index (χ2n) is 6.84. The summed E-state index contributed by atoms with van der Waals surface area (Å²) >= 11 is 0. The third-order valence-electron chi connectivity index (χ3n) is 4.55. The number of sulfonamides is 1. The number of amides is 1. The van der Waals surface area contributed by atoms with Gasteiger partial charge in [0.15, 0.2) is 0 Å². The number of anilines is 3. The third-order valence-corrected chi connectivity index (χ3v) is 5.93. The molecular formula is C23H20N4O3S. The summed E-state index contributed by atoms with van der Waals surface area (Å²) in [4.78, 5) is 16.5. The van der Waals surface area contributed by atoms with Crippen LogP contribution in [-0.4, -0.2) is 25.9 Å². The first-order valence-corrected chi connectivity index (χ1v) is 11.0. The number of fused-ring (bicyclic) bond motifs is 1. The highest BCUT2D eigenvalue weighted by molar-refractivity contribution is 7.92. The summed E-state index contributed by atoms with van der Waals surface area (Å²) in [6, 6.07) is 22.4. The highest BCUT2D eigenvalue weighted by Gasteiger charge is 2.14. The molecule has 0 aliphatic rings. The molecule has 1 heterocycles. The van der Waals surface area contributed by atoms with Gasteiger partial charge in [0.1, 0.15) is 0 Å². The Hall–Kier alpha value is -3.91. The summed E-state index contributed by atoms with van der Waals surface area (Å²) in [5.41, 5.74) is 1.68. The molecule has 31 heavy (non-hydrogen) atoms. The first-order valence-electron chi connectivity index (χ1n) is 9.55. The maximum atomic E-state index is 12.6.